The molecule has 0 unspecified atom stereocenters. The molecule has 1 aromatic heterocycles. The summed E-state index contributed by atoms with van der Waals surface area (Å²) >= 11 is 0. The third kappa shape index (κ3) is 4.14. The van der Waals surface area contributed by atoms with Crippen molar-refractivity contribution < 1.29 is 4.79 Å². The summed E-state index contributed by atoms with van der Waals surface area (Å²) in [7, 11) is 0. The fourth-order valence-electron chi connectivity index (χ4n) is 2.26. The molecule has 1 heterocycles. The number of aryl methyl sites for hydroxylation is 1. The zero-order chi connectivity index (χ0) is 16.8. The molecule has 24 heavy (non-hydrogen) atoms. The van der Waals surface area contributed by atoms with Gasteiger partial charge in [-0.3, -0.25) is 4.79 Å². The number of hydrogen-bond donors (Lipinski definition) is 1. The number of carbonyl (C=O) groups is 1. The number of anilines is 1. The van der Waals surface area contributed by atoms with Gasteiger partial charge in [-0.15, -0.1) is 0 Å². The second-order valence-corrected chi connectivity index (χ2v) is 5.40. The highest BCUT2D eigenvalue weighted by molar-refractivity contribution is 6.01. The lowest BCUT2D eigenvalue weighted by Gasteiger charge is -2.03. The molecule has 1 N–H and O–H groups in total. The summed E-state index contributed by atoms with van der Waals surface area (Å²) in [5.41, 5.74) is 3.64. The van der Waals surface area contributed by atoms with E-state index in [4.69, 9.17) is 0 Å². The second-order valence-electron chi connectivity index (χ2n) is 5.40. The third-order valence-electron chi connectivity index (χ3n) is 3.42. The summed E-state index contributed by atoms with van der Waals surface area (Å²) in [6.07, 6.45) is 6.49. The van der Waals surface area contributed by atoms with Crippen molar-refractivity contribution in [1.82, 2.24) is 9.97 Å². The fourth-order valence-corrected chi connectivity index (χ4v) is 2.26. The Morgan fingerprint density at radius 3 is 2.46 bits per heavy atom. The molecule has 4 heteroatoms. The first kappa shape index (κ1) is 15.6. The molecule has 0 spiro atoms. The van der Waals surface area contributed by atoms with Crippen molar-refractivity contribution in [3.05, 3.63) is 84.2 Å². The van der Waals surface area contributed by atoms with Crippen LogP contribution in [0.2, 0.25) is 0 Å². The predicted octanol–water partition coefficient (Wildman–Crippen LogP) is 4.10. The first-order valence-electron chi connectivity index (χ1n) is 7.64. The van der Waals surface area contributed by atoms with E-state index in [1.54, 1.807) is 18.5 Å². The van der Waals surface area contributed by atoms with E-state index in [1.807, 2.05) is 61.5 Å². The second kappa shape index (κ2) is 7.33. The van der Waals surface area contributed by atoms with E-state index in [0.29, 0.717) is 11.5 Å². The van der Waals surface area contributed by atoms with Crippen LogP contribution >= 0.6 is 0 Å². The molecule has 0 saturated carbocycles. The molecular weight excluding hydrogens is 298 g/mol. The van der Waals surface area contributed by atoms with E-state index in [2.05, 4.69) is 15.3 Å². The molecule has 0 fully saturated rings. The lowest BCUT2D eigenvalue weighted by molar-refractivity contribution is -0.111. The van der Waals surface area contributed by atoms with Crippen LogP contribution in [0.15, 0.2) is 73.1 Å². The Morgan fingerprint density at radius 1 is 1.00 bits per heavy atom. The van der Waals surface area contributed by atoms with Gasteiger partial charge >= 0.3 is 0 Å². The van der Waals surface area contributed by atoms with Crippen LogP contribution in [-0.4, -0.2) is 15.9 Å². The Kier molecular flexibility index (Phi) is 4.77. The van der Waals surface area contributed by atoms with Crippen LogP contribution in [0.1, 0.15) is 11.1 Å². The van der Waals surface area contributed by atoms with E-state index in [1.165, 1.54) is 6.08 Å². The zero-order valence-corrected chi connectivity index (χ0v) is 13.3. The summed E-state index contributed by atoms with van der Waals surface area (Å²) < 4.78 is 0. The molecule has 118 valence electrons. The average molecular weight is 315 g/mol. The monoisotopic (exact) mass is 315 g/mol. The molecular formula is C20H17N3O. The minimum atomic E-state index is -0.215. The Bertz CT molecular complexity index is 856. The zero-order valence-electron chi connectivity index (χ0n) is 13.3. The van der Waals surface area contributed by atoms with E-state index in [0.717, 1.165) is 16.7 Å². The first-order valence-corrected chi connectivity index (χ1v) is 7.64. The number of hydrogen-bond acceptors (Lipinski definition) is 3. The van der Waals surface area contributed by atoms with Crippen LogP contribution in [0.5, 0.6) is 0 Å². The average Bonchev–Trinajstić information content (AvgIpc) is 2.61. The molecule has 0 saturated heterocycles. The molecule has 3 aromatic rings. The van der Waals surface area contributed by atoms with Crippen molar-refractivity contribution in [2.24, 2.45) is 0 Å². The van der Waals surface area contributed by atoms with E-state index in [9.17, 15) is 4.79 Å². The minimum absolute atomic E-state index is 0.215. The molecule has 0 aliphatic carbocycles. The topological polar surface area (TPSA) is 54.9 Å². The van der Waals surface area contributed by atoms with Gasteiger partial charge in [0.2, 0.25) is 5.91 Å². The maximum atomic E-state index is 12.0. The smallest absolute Gasteiger partial charge is 0.248 e. The summed E-state index contributed by atoms with van der Waals surface area (Å²) in [4.78, 5) is 20.5. The molecule has 0 atom stereocenters. The van der Waals surface area contributed by atoms with E-state index in [-0.39, 0.29) is 5.91 Å². The summed E-state index contributed by atoms with van der Waals surface area (Å²) in [5.74, 6) is 0.413. The molecule has 0 aliphatic rings. The van der Waals surface area contributed by atoms with Gasteiger partial charge in [0.15, 0.2) is 5.82 Å². The third-order valence-corrected chi connectivity index (χ3v) is 3.42. The van der Waals surface area contributed by atoms with Crippen LogP contribution in [0, 0.1) is 6.92 Å². The first-order chi connectivity index (χ1) is 11.7. The van der Waals surface area contributed by atoms with Crippen molar-refractivity contribution in [2.75, 3.05) is 5.32 Å². The van der Waals surface area contributed by atoms with Crippen molar-refractivity contribution in [1.29, 1.82) is 0 Å². The Morgan fingerprint density at radius 2 is 1.75 bits per heavy atom. The quantitative estimate of drug-likeness (QED) is 0.737. The van der Waals surface area contributed by atoms with Crippen molar-refractivity contribution in [3.8, 4) is 11.4 Å². The Hall–Kier alpha value is -3.27. The standard InChI is InChI=1S/C20H17N3O/c1-15-6-5-7-16(12-15)10-11-19(24)23-18-13-21-20(22-14-18)17-8-3-2-4-9-17/h2-14H,1H3,(H,23,24)/b11-10+. The number of amides is 1. The molecule has 3 rings (SSSR count). The fraction of sp³-hybridized carbons (Fsp3) is 0.0500. The highest BCUT2D eigenvalue weighted by Gasteiger charge is 2.02. The molecule has 1 amide bonds. The number of nitrogens with one attached hydrogen (secondary N) is 1. The van der Waals surface area contributed by atoms with Gasteiger partial charge in [0.05, 0.1) is 18.1 Å². The van der Waals surface area contributed by atoms with Crippen molar-refractivity contribution >= 4 is 17.7 Å². The maximum absolute atomic E-state index is 12.0. The highest BCUT2D eigenvalue weighted by atomic mass is 16.1. The van der Waals surface area contributed by atoms with Gasteiger partial charge in [0.1, 0.15) is 0 Å². The lowest BCUT2D eigenvalue weighted by Crippen LogP contribution is -2.08. The van der Waals surface area contributed by atoms with Gasteiger partial charge in [0.25, 0.3) is 0 Å². The van der Waals surface area contributed by atoms with Gasteiger partial charge in [-0.05, 0) is 18.6 Å². The molecule has 0 aliphatic heterocycles. The predicted molar refractivity (Wildman–Crippen MR) is 96.3 cm³/mol. The largest absolute Gasteiger partial charge is 0.320 e. The highest BCUT2D eigenvalue weighted by Crippen LogP contribution is 2.14. The van der Waals surface area contributed by atoms with Gasteiger partial charge in [-0.1, -0.05) is 60.2 Å². The summed E-state index contributed by atoms with van der Waals surface area (Å²) in [6, 6.07) is 17.6. The SMILES string of the molecule is Cc1cccc(/C=C/C(=O)Nc2cnc(-c3ccccc3)nc2)c1. The van der Waals surface area contributed by atoms with Crippen LogP contribution in [0.4, 0.5) is 5.69 Å². The number of carbonyl (C=O) groups excluding carboxylic acids is 1. The molecule has 0 bridgehead atoms. The number of aromatic nitrogens is 2. The normalized spacial score (nSPS) is 10.7. The number of rotatable bonds is 4. The van der Waals surface area contributed by atoms with Gasteiger partial charge in [0, 0.05) is 11.6 Å². The molecule has 0 radical (unpaired) electrons. The Labute approximate surface area is 140 Å². The molecule has 2 aromatic carbocycles. The van der Waals surface area contributed by atoms with Crippen molar-refractivity contribution in [3.63, 3.8) is 0 Å². The van der Waals surface area contributed by atoms with Crippen LogP contribution in [-0.2, 0) is 4.79 Å². The van der Waals surface area contributed by atoms with Crippen LogP contribution in [0.25, 0.3) is 17.5 Å². The van der Waals surface area contributed by atoms with Crippen molar-refractivity contribution in [2.45, 2.75) is 6.92 Å². The summed E-state index contributed by atoms with van der Waals surface area (Å²) in [6.45, 7) is 2.02. The van der Waals surface area contributed by atoms with Crippen LogP contribution < -0.4 is 5.32 Å². The lowest BCUT2D eigenvalue weighted by atomic mass is 10.1. The molecule has 4 nitrogen and oxygen atoms in total. The van der Waals surface area contributed by atoms with Crippen LogP contribution in [0.3, 0.4) is 0 Å². The maximum Gasteiger partial charge on any atom is 0.248 e. The Balaban J connectivity index is 1.64. The number of nitrogens with zero attached hydrogens (tertiary/aromatic N) is 2. The van der Waals surface area contributed by atoms with E-state index >= 15 is 0 Å². The van der Waals surface area contributed by atoms with Gasteiger partial charge in [-0.2, -0.15) is 0 Å². The van der Waals surface area contributed by atoms with E-state index < -0.39 is 0 Å². The minimum Gasteiger partial charge on any atom is -0.320 e. The summed E-state index contributed by atoms with van der Waals surface area (Å²) in [5, 5.41) is 2.75. The van der Waals surface area contributed by atoms with Gasteiger partial charge < -0.3 is 5.32 Å². The number of benzene rings is 2. The van der Waals surface area contributed by atoms with Gasteiger partial charge in [-0.25, -0.2) is 9.97 Å².